The summed E-state index contributed by atoms with van der Waals surface area (Å²) in [6, 6.07) is 6.21. The molecule has 0 amide bonds. The topological polar surface area (TPSA) is 38.5 Å². The van der Waals surface area contributed by atoms with Gasteiger partial charge in [0.25, 0.3) is 0 Å². The van der Waals surface area contributed by atoms with Crippen molar-refractivity contribution in [1.82, 2.24) is 0 Å². The third-order valence-electron chi connectivity index (χ3n) is 3.56. The van der Waals surface area contributed by atoms with Crippen LogP contribution in [0.2, 0.25) is 5.02 Å². The fourth-order valence-corrected chi connectivity index (χ4v) is 2.80. The lowest BCUT2D eigenvalue weighted by Crippen LogP contribution is -2.42. The number of hydrogen-bond acceptors (Lipinski definition) is 3. The first-order valence-electron chi connectivity index (χ1n) is 7.01. The largest absolute Gasteiger partial charge is 0.375 e. The minimum absolute atomic E-state index is 0.113. The van der Waals surface area contributed by atoms with Gasteiger partial charge in [-0.25, -0.2) is 0 Å². The van der Waals surface area contributed by atoms with Crippen LogP contribution in [-0.4, -0.2) is 31.8 Å². The number of nitrogens with zero attached hydrogens (tertiary/aromatic N) is 1. The van der Waals surface area contributed by atoms with Gasteiger partial charge in [0.1, 0.15) is 0 Å². The van der Waals surface area contributed by atoms with Gasteiger partial charge >= 0.3 is 0 Å². The zero-order valence-electron chi connectivity index (χ0n) is 11.7. The number of morpholine rings is 1. The van der Waals surface area contributed by atoms with Crippen LogP contribution in [0.4, 0.5) is 5.69 Å². The van der Waals surface area contributed by atoms with Gasteiger partial charge in [-0.05, 0) is 37.5 Å². The normalized spacial score (nSPS) is 21.5. The molecule has 0 saturated carbocycles. The highest BCUT2D eigenvalue weighted by molar-refractivity contribution is 6.31. The molecule has 0 spiro atoms. The number of nitrogens with two attached hydrogens (primary N) is 1. The van der Waals surface area contributed by atoms with Crippen molar-refractivity contribution in [3.8, 4) is 0 Å². The van der Waals surface area contributed by atoms with E-state index in [0.717, 1.165) is 43.1 Å². The van der Waals surface area contributed by atoms with Crippen molar-refractivity contribution in [3.63, 3.8) is 0 Å². The molecule has 0 aromatic heterocycles. The molecule has 0 bridgehead atoms. The molecule has 1 aromatic carbocycles. The van der Waals surface area contributed by atoms with E-state index >= 15 is 0 Å². The van der Waals surface area contributed by atoms with Crippen molar-refractivity contribution in [2.75, 3.05) is 24.6 Å². The maximum atomic E-state index is 6.35. The average Bonchev–Trinajstić information content (AvgIpc) is 2.40. The van der Waals surface area contributed by atoms with Gasteiger partial charge in [-0.15, -0.1) is 0 Å². The maximum absolute atomic E-state index is 6.35. The summed E-state index contributed by atoms with van der Waals surface area (Å²) in [6.07, 6.45) is 2.17. The second-order valence-corrected chi connectivity index (χ2v) is 5.67. The van der Waals surface area contributed by atoms with Gasteiger partial charge in [0.2, 0.25) is 0 Å². The molecule has 0 radical (unpaired) electrons. The van der Waals surface area contributed by atoms with E-state index in [2.05, 4.69) is 17.9 Å². The molecule has 1 heterocycles. The monoisotopic (exact) mass is 282 g/mol. The number of ether oxygens (including phenoxy) is 1. The molecule has 1 fully saturated rings. The van der Waals surface area contributed by atoms with Crippen molar-refractivity contribution < 1.29 is 4.74 Å². The molecule has 1 saturated heterocycles. The lowest BCUT2D eigenvalue weighted by atomic mass is 10.0. The summed E-state index contributed by atoms with van der Waals surface area (Å²) in [5.74, 6) is 0. The first kappa shape index (κ1) is 14.6. The minimum Gasteiger partial charge on any atom is -0.375 e. The molecule has 19 heavy (non-hydrogen) atoms. The molecular weight excluding hydrogens is 260 g/mol. The molecule has 2 unspecified atom stereocenters. The van der Waals surface area contributed by atoms with Crippen LogP contribution in [0.15, 0.2) is 18.2 Å². The smallest absolute Gasteiger partial charge is 0.0748 e. The maximum Gasteiger partial charge on any atom is 0.0748 e. The Balaban J connectivity index is 2.25. The third kappa shape index (κ3) is 3.62. The second-order valence-electron chi connectivity index (χ2n) is 5.27. The SMILES string of the molecule is CCC1CN(c2cccc(Cl)c2CC(C)N)CCO1. The molecule has 3 nitrogen and oxygen atoms in total. The zero-order chi connectivity index (χ0) is 13.8. The quantitative estimate of drug-likeness (QED) is 0.923. The Hall–Kier alpha value is -0.770. The van der Waals surface area contributed by atoms with Gasteiger partial charge < -0.3 is 15.4 Å². The fourth-order valence-electron chi connectivity index (χ4n) is 2.55. The molecule has 4 heteroatoms. The Labute approximate surface area is 120 Å². The average molecular weight is 283 g/mol. The van der Waals surface area contributed by atoms with Crippen molar-refractivity contribution in [1.29, 1.82) is 0 Å². The van der Waals surface area contributed by atoms with Crippen LogP contribution in [-0.2, 0) is 11.2 Å². The van der Waals surface area contributed by atoms with Crippen molar-refractivity contribution >= 4 is 17.3 Å². The van der Waals surface area contributed by atoms with Crippen molar-refractivity contribution in [3.05, 3.63) is 28.8 Å². The number of rotatable bonds is 4. The number of anilines is 1. The fraction of sp³-hybridized carbons (Fsp3) is 0.600. The Kier molecular flexibility index (Phi) is 5.08. The number of benzene rings is 1. The first-order valence-corrected chi connectivity index (χ1v) is 7.39. The summed E-state index contributed by atoms with van der Waals surface area (Å²) in [6.45, 7) is 6.81. The Morgan fingerprint density at radius 2 is 2.32 bits per heavy atom. The molecule has 2 N–H and O–H groups in total. The van der Waals surface area contributed by atoms with Gasteiger partial charge in [-0.3, -0.25) is 0 Å². The summed E-state index contributed by atoms with van der Waals surface area (Å²) in [5, 5.41) is 0.814. The third-order valence-corrected chi connectivity index (χ3v) is 3.91. The zero-order valence-corrected chi connectivity index (χ0v) is 12.5. The van der Waals surface area contributed by atoms with E-state index in [1.54, 1.807) is 0 Å². The van der Waals surface area contributed by atoms with E-state index < -0.39 is 0 Å². The van der Waals surface area contributed by atoms with Gasteiger partial charge in [0, 0.05) is 29.8 Å². The van der Waals surface area contributed by atoms with E-state index in [-0.39, 0.29) is 6.04 Å². The van der Waals surface area contributed by atoms with Crippen LogP contribution >= 0.6 is 11.6 Å². The predicted molar refractivity (Wildman–Crippen MR) is 81.0 cm³/mol. The highest BCUT2D eigenvalue weighted by atomic mass is 35.5. The van der Waals surface area contributed by atoms with Crippen LogP contribution < -0.4 is 10.6 Å². The lowest BCUT2D eigenvalue weighted by molar-refractivity contribution is 0.0384. The predicted octanol–water partition coefficient (Wildman–Crippen LogP) is 2.84. The van der Waals surface area contributed by atoms with Crippen molar-refractivity contribution in [2.45, 2.75) is 38.8 Å². The molecule has 1 aliphatic rings. The molecule has 2 atom stereocenters. The Morgan fingerprint density at radius 3 is 3.00 bits per heavy atom. The highest BCUT2D eigenvalue weighted by Crippen LogP contribution is 2.30. The Bertz CT molecular complexity index is 423. The molecule has 106 valence electrons. The number of hydrogen-bond donors (Lipinski definition) is 1. The minimum atomic E-state index is 0.113. The summed E-state index contributed by atoms with van der Waals surface area (Å²) in [4.78, 5) is 2.38. The second kappa shape index (κ2) is 6.60. The van der Waals surface area contributed by atoms with E-state index in [1.165, 1.54) is 5.69 Å². The lowest BCUT2D eigenvalue weighted by Gasteiger charge is -2.35. The first-order chi connectivity index (χ1) is 9.11. The molecule has 0 aliphatic carbocycles. The molecule has 1 aliphatic heterocycles. The van der Waals surface area contributed by atoms with E-state index in [4.69, 9.17) is 22.1 Å². The van der Waals surface area contributed by atoms with E-state index in [1.807, 2.05) is 19.1 Å². The van der Waals surface area contributed by atoms with Gasteiger partial charge in [0.05, 0.1) is 12.7 Å². The van der Waals surface area contributed by atoms with Crippen LogP contribution in [0.5, 0.6) is 0 Å². The van der Waals surface area contributed by atoms with Gasteiger partial charge in [-0.1, -0.05) is 24.6 Å². The van der Waals surface area contributed by atoms with E-state index in [9.17, 15) is 0 Å². The molecule has 1 aromatic rings. The van der Waals surface area contributed by atoms with Crippen LogP contribution in [0.1, 0.15) is 25.8 Å². The molecular formula is C15H23ClN2O. The van der Waals surface area contributed by atoms with Crippen LogP contribution in [0.3, 0.4) is 0 Å². The van der Waals surface area contributed by atoms with Crippen molar-refractivity contribution in [2.24, 2.45) is 5.73 Å². The van der Waals surface area contributed by atoms with Crippen LogP contribution in [0, 0.1) is 0 Å². The van der Waals surface area contributed by atoms with Crippen LogP contribution in [0.25, 0.3) is 0 Å². The number of halogens is 1. The van der Waals surface area contributed by atoms with E-state index in [0.29, 0.717) is 6.10 Å². The standard InChI is InChI=1S/C15H23ClN2O/c1-3-12-10-18(7-8-19-12)15-6-4-5-14(16)13(15)9-11(2)17/h4-6,11-12H,3,7-10,17H2,1-2H3. The summed E-state index contributed by atoms with van der Waals surface area (Å²) in [7, 11) is 0. The molecule has 2 rings (SSSR count). The summed E-state index contributed by atoms with van der Waals surface area (Å²) < 4.78 is 5.73. The summed E-state index contributed by atoms with van der Waals surface area (Å²) >= 11 is 6.35. The highest BCUT2D eigenvalue weighted by Gasteiger charge is 2.22. The Morgan fingerprint density at radius 1 is 1.53 bits per heavy atom. The van der Waals surface area contributed by atoms with Gasteiger partial charge in [-0.2, -0.15) is 0 Å². The van der Waals surface area contributed by atoms with Gasteiger partial charge in [0.15, 0.2) is 0 Å². The summed E-state index contributed by atoms with van der Waals surface area (Å²) in [5.41, 5.74) is 8.32.